The third-order valence-electron chi connectivity index (χ3n) is 2.15. The molecule has 0 radical (unpaired) electrons. The molecule has 1 rings (SSSR count). The second-order valence-corrected chi connectivity index (χ2v) is 5.90. The highest BCUT2D eigenvalue weighted by Gasteiger charge is 2.11. The molecule has 0 aliphatic heterocycles. The zero-order valence-corrected chi connectivity index (χ0v) is 10.9. The standard InChI is InChI=1S/C10H14BrNO2S/c1-6-5-8(15-10(6)11)7(12)3-2-4-9(13)14/h5,7H,2-4,12H2,1H3,(H,13,14). The van der Waals surface area contributed by atoms with Crippen molar-refractivity contribution in [3.63, 3.8) is 0 Å². The van der Waals surface area contributed by atoms with Gasteiger partial charge in [-0.1, -0.05) is 0 Å². The fraction of sp³-hybridized carbons (Fsp3) is 0.500. The Morgan fingerprint density at radius 2 is 2.40 bits per heavy atom. The molecular weight excluding hydrogens is 278 g/mol. The Morgan fingerprint density at radius 1 is 1.73 bits per heavy atom. The highest BCUT2D eigenvalue weighted by Crippen LogP contribution is 2.32. The zero-order valence-electron chi connectivity index (χ0n) is 8.50. The van der Waals surface area contributed by atoms with E-state index >= 15 is 0 Å². The van der Waals surface area contributed by atoms with Crippen molar-refractivity contribution in [2.45, 2.75) is 32.2 Å². The van der Waals surface area contributed by atoms with E-state index in [1.807, 2.05) is 6.92 Å². The summed E-state index contributed by atoms with van der Waals surface area (Å²) in [5, 5.41) is 8.50. The van der Waals surface area contributed by atoms with Gasteiger partial charge < -0.3 is 10.8 Å². The summed E-state index contributed by atoms with van der Waals surface area (Å²) in [7, 11) is 0. The Kier molecular flexibility index (Phi) is 4.76. The summed E-state index contributed by atoms with van der Waals surface area (Å²) in [6.07, 6.45) is 1.54. The number of carbonyl (C=O) groups is 1. The number of aliphatic carboxylic acids is 1. The number of nitrogens with two attached hydrogens (primary N) is 1. The molecule has 0 saturated carbocycles. The second kappa shape index (κ2) is 5.63. The van der Waals surface area contributed by atoms with Gasteiger partial charge in [-0.2, -0.15) is 0 Å². The van der Waals surface area contributed by atoms with E-state index in [2.05, 4.69) is 22.0 Å². The maximum atomic E-state index is 10.3. The minimum Gasteiger partial charge on any atom is -0.481 e. The van der Waals surface area contributed by atoms with Gasteiger partial charge in [0.25, 0.3) is 0 Å². The van der Waals surface area contributed by atoms with E-state index in [4.69, 9.17) is 10.8 Å². The van der Waals surface area contributed by atoms with Crippen molar-refractivity contribution in [3.05, 3.63) is 20.3 Å². The largest absolute Gasteiger partial charge is 0.481 e. The lowest BCUT2D eigenvalue weighted by Gasteiger charge is -2.07. The number of halogens is 1. The van der Waals surface area contributed by atoms with Crippen LogP contribution in [-0.4, -0.2) is 11.1 Å². The Labute approximate surface area is 101 Å². The predicted octanol–water partition coefficient (Wildman–Crippen LogP) is 3.07. The van der Waals surface area contributed by atoms with Gasteiger partial charge >= 0.3 is 5.97 Å². The van der Waals surface area contributed by atoms with Crippen molar-refractivity contribution in [2.75, 3.05) is 0 Å². The molecule has 84 valence electrons. The Balaban J connectivity index is 2.46. The number of carboxylic acids is 1. The van der Waals surface area contributed by atoms with Crippen molar-refractivity contribution in [1.29, 1.82) is 0 Å². The number of rotatable bonds is 5. The van der Waals surface area contributed by atoms with Crippen LogP contribution in [0.15, 0.2) is 9.85 Å². The first-order valence-corrected chi connectivity index (χ1v) is 6.35. The molecule has 0 spiro atoms. The summed E-state index contributed by atoms with van der Waals surface area (Å²) >= 11 is 5.07. The minimum absolute atomic E-state index is 0.0423. The van der Waals surface area contributed by atoms with Gasteiger partial charge in [0.1, 0.15) is 0 Å². The summed E-state index contributed by atoms with van der Waals surface area (Å²) in [4.78, 5) is 11.4. The van der Waals surface area contributed by atoms with Crippen LogP contribution in [0.4, 0.5) is 0 Å². The zero-order chi connectivity index (χ0) is 11.4. The fourth-order valence-electron chi connectivity index (χ4n) is 1.28. The van der Waals surface area contributed by atoms with Gasteiger partial charge in [-0.15, -0.1) is 11.3 Å². The first-order chi connectivity index (χ1) is 7.00. The lowest BCUT2D eigenvalue weighted by atomic mass is 10.1. The first-order valence-electron chi connectivity index (χ1n) is 4.74. The third kappa shape index (κ3) is 3.93. The predicted molar refractivity (Wildman–Crippen MR) is 65.2 cm³/mol. The lowest BCUT2D eigenvalue weighted by molar-refractivity contribution is -0.137. The van der Waals surface area contributed by atoms with Gasteiger partial charge in [0.05, 0.1) is 3.79 Å². The SMILES string of the molecule is Cc1cc(C(N)CCCC(=O)O)sc1Br. The van der Waals surface area contributed by atoms with Crippen molar-refractivity contribution in [2.24, 2.45) is 5.73 Å². The van der Waals surface area contributed by atoms with Gasteiger partial charge in [0, 0.05) is 17.3 Å². The van der Waals surface area contributed by atoms with Gasteiger partial charge in [0.15, 0.2) is 0 Å². The lowest BCUT2D eigenvalue weighted by Crippen LogP contribution is -2.09. The number of carboxylic acid groups (broad SMARTS) is 1. The van der Waals surface area contributed by atoms with E-state index in [-0.39, 0.29) is 12.5 Å². The second-order valence-electron chi connectivity index (χ2n) is 3.50. The van der Waals surface area contributed by atoms with Crippen molar-refractivity contribution in [1.82, 2.24) is 0 Å². The summed E-state index contributed by atoms with van der Waals surface area (Å²) in [6, 6.07) is 2.01. The summed E-state index contributed by atoms with van der Waals surface area (Å²) < 4.78 is 1.10. The fourth-order valence-corrected chi connectivity index (χ4v) is 2.89. The molecule has 0 aliphatic rings. The molecule has 1 atom stereocenters. The van der Waals surface area contributed by atoms with Gasteiger partial charge in [-0.3, -0.25) is 4.79 Å². The van der Waals surface area contributed by atoms with Crippen molar-refractivity contribution in [3.8, 4) is 0 Å². The van der Waals surface area contributed by atoms with Gasteiger partial charge in [-0.05, 0) is 47.3 Å². The molecule has 3 N–H and O–H groups in total. The molecule has 15 heavy (non-hydrogen) atoms. The van der Waals surface area contributed by atoms with Crippen LogP contribution in [0.1, 0.15) is 35.7 Å². The van der Waals surface area contributed by atoms with Crippen molar-refractivity contribution >= 4 is 33.2 Å². The molecular formula is C10H14BrNO2S. The van der Waals surface area contributed by atoms with Crippen LogP contribution in [0.3, 0.4) is 0 Å². The van der Waals surface area contributed by atoms with E-state index in [0.717, 1.165) is 15.1 Å². The molecule has 0 fully saturated rings. The van der Waals surface area contributed by atoms with Crippen LogP contribution >= 0.6 is 27.3 Å². The minimum atomic E-state index is -0.759. The molecule has 0 saturated heterocycles. The van der Waals surface area contributed by atoms with E-state index in [9.17, 15) is 4.79 Å². The van der Waals surface area contributed by atoms with Crippen molar-refractivity contribution < 1.29 is 9.90 Å². The van der Waals surface area contributed by atoms with Crippen LogP contribution < -0.4 is 5.73 Å². The highest BCUT2D eigenvalue weighted by molar-refractivity contribution is 9.11. The van der Waals surface area contributed by atoms with Crippen LogP contribution in [0.5, 0.6) is 0 Å². The third-order valence-corrected chi connectivity index (χ3v) is 4.42. The smallest absolute Gasteiger partial charge is 0.303 e. The Hall–Kier alpha value is -0.390. The summed E-state index contributed by atoms with van der Waals surface area (Å²) in [6.45, 7) is 2.02. The summed E-state index contributed by atoms with van der Waals surface area (Å²) in [5.41, 5.74) is 7.14. The van der Waals surface area contributed by atoms with Gasteiger partial charge in [0.2, 0.25) is 0 Å². The average molecular weight is 292 g/mol. The number of thiophene rings is 1. The number of hydrogen-bond donors (Lipinski definition) is 2. The summed E-state index contributed by atoms with van der Waals surface area (Å²) in [5.74, 6) is -0.759. The monoisotopic (exact) mass is 291 g/mol. The van der Waals surface area contributed by atoms with Crippen LogP contribution in [0.2, 0.25) is 0 Å². The molecule has 5 heteroatoms. The maximum absolute atomic E-state index is 10.3. The number of aryl methyl sites for hydroxylation is 1. The number of hydrogen-bond acceptors (Lipinski definition) is 3. The molecule has 0 aromatic carbocycles. The van der Waals surface area contributed by atoms with E-state index < -0.39 is 5.97 Å². The van der Waals surface area contributed by atoms with Gasteiger partial charge in [-0.25, -0.2) is 0 Å². The van der Waals surface area contributed by atoms with Crippen LogP contribution in [0, 0.1) is 6.92 Å². The maximum Gasteiger partial charge on any atom is 0.303 e. The molecule has 0 amide bonds. The van der Waals surface area contributed by atoms with E-state index in [1.165, 1.54) is 5.56 Å². The first kappa shape index (κ1) is 12.7. The van der Waals surface area contributed by atoms with Crippen LogP contribution in [-0.2, 0) is 4.79 Å². The average Bonchev–Trinajstić information content (AvgIpc) is 2.46. The van der Waals surface area contributed by atoms with Crippen LogP contribution in [0.25, 0.3) is 0 Å². The Bertz CT molecular complexity index is 332. The molecule has 0 aliphatic carbocycles. The molecule has 1 aromatic rings. The van der Waals surface area contributed by atoms with E-state index in [1.54, 1.807) is 11.3 Å². The normalized spacial score (nSPS) is 12.7. The quantitative estimate of drug-likeness (QED) is 0.876. The highest BCUT2D eigenvalue weighted by atomic mass is 79.9. The molecule has 1 aromatic heterocycles. The topological polar surface area (TPSA) is 63.3 Å². The molecule has 1 heterocycles. The molecule has 0 bridgehead atoms. The molecule has 1 unspecified atom stereocenters. The van der Waals surface area contributed by atoms with E-state index in [0.29, 0.717) is 6.42 Å². The molecule has 3 nitrogen and oxygen atoms in total. The Morgan fingerprint density at radius 3 is 2.87 bits per heavy atom.